The Morgan fingerprint density at radius 3 is 2.46 bits per heavy atom. The van der Waals surface area contributed by atoms with Crippen molar-refractivity contribution in [2.24, 2.45) is 0 Å². The van der Waals surface area contributed by atoms with Crippen molar-refractivity contribution in [2.75, 3.05) is 7.11 Å². The minimum absolute atomic E-state index is 0.0404. The smallest absolute Gasteiger partial charge is 0.293 e. The topological polar surface area (TPSA) is 99.0 Å². The molecular formula is C25H19BrN2O6S. The molecule has 10 heteroatoms. The normalized spacial score (nSPS) is 14.5. The van der Waals surface area contributed by atoms with Crippen molar-refractivity contribution in [3.8, 4) is 11.5 Å². The van der Waals surface area contributed by atoms with Crippen LogP contribution in [0.4, 0.5) is 10.5 Å². The Balaban J connectivity index is 1.55. The highest BCUT2D eigenvalue weighted by molar-refractivity contribution is 9.10. The first-order valence-corrected chi connectivity index (χ1v) is 12.0. The summed E-state index contributed by atoms with van der Waals surface area (Å²) in [6.45, 7) is 0.121. The monoisotopic (exact) mass is 554 g/mol. The number of carbonyl (C=O) groups excluding carboxylic acids is 2. The summed E-state index contributed by atoms with van der Waals surface area (Å²) < 4.78 is 12.0. The molecule has 2 amide bonds. The van der Waals surface area contributed by atoms with Gasteiger partial charge in [0.05, 0.1) is 29.0 Å². The van der Waals surface area contributed by atoms with Gasteiger partial charge in [-0.05, 0) is 53.2 Å². The van der Waals surface area contributed by atoms with Crippen LogP contribution in [0.15, 0.2) is 76.1 Å². The number of thioether (sulfide) groups is 1. The number of nitro benzene ring substituents is 1. The van der Waals surface area contributed by atoms with E-state index in [0.717, 1.165) is 21.8 Å². The summed E-state index contributed by atoms with van der Waals surface area (Å²) >= 11 is 4.31. The first-order chi connectivity index (χ1) is 16.9. The van der Waals surface area contributed by atoms with Gasteiger partial charge < -0.3 is 9.47 Å². The highest BCUT2D eigenvalue weighted by Crippen LogP contribution is 2.36. The van der Waals surface area contributed by atoms with Crippen LogP contribution in [0.2, 0.25) is 0 Å². The Kier molecular flexibility index (Phi) is 7.52. The van der Waals surface area contributed by atoms with Crippen LogP contribution in [0.3, 0.4) is 0 Å². The number of carbonyl (C=O) groups is 2. The van der Waals surface area contributed by atoms with E-state index in [1.807, 2.05) is 24.3 Å². The molecule has 0 aliphatic carbocycles. The van der Waals surface area contributed by atoms with E-state index in [-0.39, 0.29) is 34.9 Å². The SMILES string of the molecule is COc1ccc(/C=C2\SC(=O)N(Cc3ccccc3Br)C2=O)cc1OCc1ccccc1[N+](=O)[O-]. The molecule has 1 heterocycles. The molecule has 8 nitrogen and oxygen atoms in total. The van der Waals surface area contributed by atoms with Crippen LogP contribution in [0, 0.1) is 10.1 Å². The van der Waals surface area contributed by atoms with Crippen molar-refractivity contribution in [1.29, 1.82) is 0 Å². The molecule has 0 bridgehead atoms. The Morgan fingerprint density at radius 2 is 1.74 bits per heavy atom. The molecule has 0 aromatic heterocycles. The van der Waals surface area contributed by atoms with E-state index in [1.54, 1.807) is 42.5 Å². The van der Waals surface area contributed by atoms with Gasteiger partial charge in [-0.15, -0.1) is 0 Å². The lowest BCUT2D eigenvalue weighted by molar-refractivity contribution is -0.385. The average molecular weight is 555 g/mol. The van der Waals surface area contributed by atoms with E-state index >= 15 is 0 Å². The maximum Gasteiger partial charge on any atom is 0.293 e. The predicted octanol–water partition coefficient (Wildman–Crippen LogP) is 6.18. The molecule has 1 saturated heterocycles. The van der Waals surface area contributed by atoms with Crippen LogP contribution in [0.5, 0.6) is 11.5 Å². The summed E-state index contributed by atoms with van der Waals surface area (Å²) in [6.07, 6.45) is 1.61. The largest absolute Gasteiger partial charge is 0.493 e. The molecule has 3 aromatic rings. The zero-order chi connectivity index (χ0) is 24.9. The molecule has 1 fully saturated rings. The first-order valence-electron chi connectivity index (χ1n) is 10.4. The summed E-state index contributed by atoms with van der Waals surface area (Å²) in [4.78, 5) is 37.8. The lowest BCUT2D eigenvalue weighted by atomic mass is 10.1. The number of imide groups is 1. The van der Waals surface area contributed by atoms with Gasteiger partial charge in [0, 0.05) is 10.5 Å². The molecule has 0 radical (unpaired) electrons. The number of hydrogen-bond acceptors (Lipinski definition) is 7. The molecule has 35 heavy (non-hydrogen) atoms. The van der Waals surface area contributed by atoms with Crippen LogP contribution in [-0.4, -0.2) is 28.1 Å². The van der Waals surface area contributed by atoms with E-state index in [2.05, 4.69) is 15.9 Å². The fraction of sp³-hybridized carbons (Fsp3) is 0.120. The average Bonchev–Trinajstić information content (AvgIpc) is 3.11. The molecule has 1 aliphatic rings. The minimum Gasteiger partial charge on any atom is -0.493 e. The fourth-order valence-corrected chi connectivity index (χ4v) is 4.70. The number of rotatable bonds is 8. The Bertz CT molecular complexity index is 1340. The van der Waals surface area contributed by atoms with Gasteiger partial charge in [-0.3, -0.25) is 24.6 Å². The van der Waals surface area contributed by atoms with Gasteiger partial charge in [0.2, 0.25) is 0 Å². The minimum atomic E-state index is -0.462. The molecule has 0 atom stereocenters. The zero-order valence-corrected chi connectivity index (χ0v) is 20.9. The van der Waals surface area contributed by atoms with Crippen LogP contribution in [0.1, 0.15) is 16.7 Å². The summed E-state index contributed by atoms with van der Waals surface area (Å²) in [6, 6.07) is 18.8. The number of methoxy groups -OCH3 is 1. The number of hydrogen-bond donors (Lipinski definition) is 0. The second-order valence-corrected chi connectivity index (χ2v) is 9.29. The molecule has 3 aromatic carbocycles. The van der Waals surface area contributed by atoms with Gasteiger partial charge in [-0.25, -0.2) is 0 Å². The summed E-state index contributed by atoms with van der Waals surface area (Å²) in [5.41, 5.74) is 1.82. The molecule has 0 N–H and O–H groups in total. The fourth-order valence-electron chi connectivity index (χ4n) is 3.45. The van der Waals surface area contributed by atoms with Gasteiger partial charge in [0.25, 0.3) is 16.8 Å². The van der Waals surface area contributed by atoms with Gasteiger partial charge in [-0.1, -0.05) is 52.3 Å². The van der Waals surface area contributed by atoms with Crippen LogP contribution in [-0.2, 0) is 17.9 Å². The van der Waals surface area contributed by atoms with Crippen molar-refractivity contribution in [3.63, 3.8) is 0 Å². The standard InChI is InChI=1S/C25H19BrN2O6S/c1-33-21-11-10-16(12-22(21)34-15-18-7-3-5-9-20(18)28(31)32)13-23-24(29)27(25(30)35-23)14-17-6-2-4-8-19(17)26/h2-13H,14-15H2,1H3/b23-13-. The number of para-hydroxylation sites is 1. The molecule has 0 spiro atoms. The molecular weight excluding hydrogens is 536 g/mol. The van der Waals surface area contributed by atoms with Crippen molar-refractivity contribution >= 4 is 50.6 Å². The maximum atomic E-state index is 12.9. The Labute approximate surface area is 213 Å². The quantitative estimate of drug-likeness (QED) is 0.186. The third-order valence-corrected chi connectivity index (χ3v) is 6.90. The van der Waals surface area contributed by atoms with E-state index < -0.39 is 4.92 Å². The van der Waals surface area contributed by atoms with Crippen molar-refractivity contribution in [3.05, 3.63) is 103 Å². The maximum absolute atomic E-state index is 12.9. The van der Waals surface area contributed by atoms with E-state index in [1.165, 1.54) is 18.1 Å². The number of ether oxygens (including phenoxy) is 2. The molecule has 1 aliphatic heterocycles. The zero-order valence-electron chi connectivity index (χ0n) is 18.5. The predicted molar refractivity (Wildman–Crippen MR) is 136 cm³/mol. The van der Waals surface area contributed by atoms with Crippen molar-refractivity contribution < 1.29 is 24.0 Å². The van der Waals surface area contributed by atoms with E-state index in [4.69, 9.17) is 9.47 Å². The van der Waals surface area contributed by atoms with Gasteiger partial charge >= 0.3 is 0 Å². The molecule has 0 saturated carbocycles. The van der Waals surface area contributed by atoms with Crippen LogP contribution < -0.4 is 9.47 Å². The van der Waals surface area contributed by atoms with Crippen LogP contribution in [0.25, 0.3) is 6.08 Å². The van der Waals surface area contributed by atoms with Gasteiger partial charge in [0.1, 0.15) is 6.61 Å². The van der Waals surface area contributed by atoms with Gasteiger partial charge in [0.15, 0.2) is 11.5 Å². The van der Waals surface area contributed by atoms with Crippen LogP contribution >= 0.6 is 27.7 Å². The summed E-state index contributed by atoms with van der Waals surface area (Å²) in [5.74, 6) is 0.406. The lowest BCUT2D eigenvalue weighted by Gasteiger charge is -2.13. The summed E-state index contributed by atoms with van der Waals surface area (Å²) in [5, 5.41) is 10.9. The lowest BCUT2D eigenvalue weighted by Crippen LogP contribution is -2.27. The molecule has 4 rings (SSSR count). The highest BCUT2D eigenvalue weighted by atomic mass is 79.9. The summed E-state index contributed by atoms with van der Waals surface area (Å²) in [7, 11) is 1.49. The number of nitrogens with zero attached hydrogens (tertiary/aromatic N) is 2. The second-order valence-electron chi connectivity index (χ2n) is 7.44. The number of amides is 2. The number of nitro groups is 1. The molecule has 178 valence electrons. The number of benzene rings is 3. The first kappa shape index (κ1) is 24.5. The Morgan fingerprint density at radius 1 is 1.03 bits per heavy atom. The van der Waals surface area contributed by atoms with Crippen molar-refractivity contribution in [1.82, 2.24) is 4.90 Å². The van der Waals surface area contributed by atoms with E-state index in [9.17, 15) is 19.7 Å². The second kappa shape index (κ2) is 10.7. The third-order valence-electron chi connectivity index (χ3n) is 5.22. The van der Waals surface area contributed by atoms with Crippen molar-refractivity contribution in [2.45, 2.75) is 13.2 Å². The third kappa shape index (κ3) is 5.55. The van der Waals surface area contributed by atoms with E-state index in [0.29, 0.717) is 22.6 Å². The Hall–Kier alpha value is -3.63. The molecule has 0 unspecified atom stereocenters. The number of halogens is 1. The van der Waals surface area contributed by atoms with Gasteiger partial charge in [-0.2, -0.15) is 0 Å². The highest BCUT2D eigenvalue weighted by Gasteiger charge is 2.35.